The molecular formula is C32H29N5. The van der Waals surface area contributed by atoms with Crippen LogP contribution >= 0.6 is 0 Å². The lowest BCUT2D eigenvalue weighted by atomic mass is 10.1. The molecule has 2 heterocycles. The third-order valence-corrected chi connectivity index (χ3v) is 6.78. The summed E-state index contributed by atoms with van der Waals surface area (Å²) in [5, 5.41) is 8.90. The SMILES string of the molecule is C(=Nc1ccc(-c2nnc3n2CCCCC3)cc1)c1ccc(N(c2ccccc2)c2ccccc2)cc1. The van der Waals surface area contributed by atoms with E-state index in [0.717, 1.165) is 58.5 Å². The van der Waals surface area contributed by atoms with Crippen molar-refractivity contribution < 1.29 is 0 Å². The summed E-state index contributed by atoms with van der Waals surface area (Å²) in [5.41, 5.74) is 6.41. The quantitative estimate of drug-likeness (QED) is 0.231. The van der Waals surface area contributed by atoms with Crippen LogP contribution in [0.2, 0.25) is 0 Å². The molecule has 0 aliphatic carbocycles. The lowest BCUT2D eigenvalue weighted by Crippen LogP contribution is -2.09. The van der Waals surface area contributed by atoms with Gasteiger partial charge >= 0.3 is 0 Å². The number of fused-ring (bicyclic) bond motifs is 1. The van der Waals surface area contributed by atoms with Gasteiger partial charge in [0.1, 0.15) is 5.82 Å². The molecule has 1 aliphatic rings. The summed E-state index contributed by atoms with van der Waals surface area (Å²) in [5.74, 6) is 2.07. The summed E-state index contributed by atoms with van der Waals surface area (Å²) >= 11 is 0. The van der Waals surface area contributed by atoms with Crippen molar-refractivity contribution in [3.05, 3.63) is 121 Å². The molecule has 0 spiro atoms. The number of para-hydroxylation sites is 2. The Hall–Kier alpha value is -4.51. The Balaban J connectivity index is 1.20. The van der Waals surface area contributed by atoms with E-state index in [0.29, 0.717) is 0 Å². The Morgan fingerprint density at radius 2 is 1.30 bits per heavy atom. The van der Waals surface area contributed by atoms with Crippen molar-refractivity contribution in [3.63, 3.8) is 0 Å². The molecule has 4 aromatic carbocycles. The Morgan fingerprint density at radius 1 is 0.649 bits per heavy atom. The van der Waals surface area contributed by atoms with Gasteiger partial charge in [0, 0.05) is 41.8 Å². The Kier molecular flexibility index (Phi) is 6.58. The largest absolute Gasteiger partial charge is 0.311 e. The van der Waals surface area contributed by atoms with Gasteiger partial charge in [-0.3, -0.25) is 4.99 Å². The maximum atomic E-state index is 4.71. The number of hydrogen-bond acceptors (Lipinski definition) is 4. The van der Waals surface area contributed by atoms with E-state index < -0.39 is 0 Å². The second-order valence-corrected chi connectivity index (χ2v) is 9.31. The van der Waals surface area contributed by atoms with Gasteiger partial charge in [0.2, 0.25) is 0 Å². The number of benzene rings is 4. The van der Waals surface area contributed by atoms with Gasteiger partial charge in [-0.05, 0) is 79.1 Å². The van der Waals surface area contributed by atoms with Crippen LogP contribution in [0.4, 0.5) is 22.7 Å². The van der Waals surface area contributed by atoms with E-state index in [1.807, 2.05) is 30.5 Å². The molecule has 5 nitrogen and oxygen atoms in total. The third-order valence-electron chi connectivity index (χ3n) is 6.78. The summed E-state index contributed by atoms with van der Waals surface area (Å²) in [7, 11) is 0. The highest BCUT2D eigenvalue weighted by atomic mass is 15.3. The second-order valence-electron chi connectivity index (χ2n) is 9.31. The van der Waals surface area contributed by atoms with Crippen molar-refractivity contribution in [1.82, 2.24) is 14.8 Å². The molecule has 1 aliphatic heterocycles. The number of rotatable bonds is 6. The maximum Gasteiger partial charge on any atom is 0.163 e. The van der Waals surface area contributed by atoms with E-state index in [9.17, 15) is 0 Å². The molecule has 0 amide bonds. The fraction of sp³-hybridized carbons (Fsp3) is 0.156. The molecule has 0 saturated heterocycles. The summed E-state index contributed by atoms with van der Waals surface area (Å²) < 4.78 is 2.28. The van der Waals surface area contributed by atoms with Crippen LogP contribution in [-0.4, -0.2) is 21.0 Å². The first-order chi connectivity index (χ1) is 18.3. The van der Waals surface area contributed by atoms with Gasteiger partial charge in [-0.15, -0.1) is 10.2 Å². The number of hydrogen-bond donors (Lipinski definition) is 0. The minimum Gasteiger partial charge on any atom is -0.311 e. The van der Waals surface area contributed by atoms with E-state index in [4.69, 9.17) is 4.99 Å². The van der Waals surface area contributed by atoms with Crippen LogP contribution in [0.3, 0.4) is 0 Å². The van der Waals surface area contributed by atoms with Crippen LogP contribution in [0.25, 0.3) is 11.4 Å². The van der Waals surface area contributed by atoms with Gasteiger partial charge in [0.15, 0.2) is 5.82 Å². The fourth-order valence-corrected chi connectivity index (χ4v) is 4.86. The molecule has 0 radical (unpaired) electrons. The first-order valence-corrected chi connectivity index (χ1v) is 12.9. The smallest absolute Gasteiger partial charge is 0.163 e. The fourth-order valence-electron chi connectivity index (χ4n) is 4.86. The zero-order chi connectivity index (χ0) is 24.9. The Labute approximate surface area is 217 Å². The van der Waals surface area contributed by atoms with Crippen LogP contribution in [0.5, 0.6) is 0 Å². The number of anilines is 3. The maximum absolute atomic E-state index is 4.71. The highest BCUT2D eigenvalue weighted by Crippen LogP contribution is 2.34. The monoisotopic (exact) mass is 483 g/mol. The van der Waals surface area contributed by atoms with Crippen LogP contribution in [0, 0.1) is 0 Å². The highest BCUT2D eigenvalue weighted by molar-refractivity contribution is 5.84. The first kappa shape index (κ1) is 22.9. The van der Waals surface area contributed by atoms with Crippen molar-refractivity contribution in [1.29, 1.82) is 0 Å². The van der Waals surface area contributed by atoms with Crippen molar-refractivity contribution in [2.75, 3.05) is 4.90 Å². The van der Waals surface area contributed by atoms with Gasteiger partial charge in [-0.2, -0.15) is 0 Å². The van der Waals surface area contributed by atoms with Crippen LogP contribution in [-0.2, 0) is 13.0 Å². The molecule has 0 unspecified atom stereocenters. The molecule has 37 heavy (non-hydrogen) atoms. The minimum atomic E-state index is 0.915. The average Bonchev–Trinajstić information content (AvgIpc) is 3.22. The molecule has 5 heteroatoms. The van der Waals surface area contributed by atoms with Gasteiger partial charge in [0.25, 0.3) is 0 Å². The van der Waals surface area contributed by atoms with E-state index in [2.05, 4.69) is 105 Å². The zero-order valence-corrected chi connectivity index (χ0v) is 20.7. The standard InChI is InChI=1S/C32H29N5/c1-4-10-28(11-5-1)37(29-12-6-2-7-13-29)30-21-15-25(16-22-30)24-33-27-19-17-26(18-20-27)32-35-34-31-14-8-3-9-23-36(31)32/h1-2,4-7,10-13,15-22,24H,3,8-9,14,23H2. The predicted molar refractivity (Wildman–Crippen MR) is 151 cm³/mol. The predicted octanol–water partition coefficient (Wildman–Crippen LogP) is 7.89. The van der Waals surface area contributed by atoms with Gasteiger partial charge in [0.05, 0.1) is 5.69 Å². The van der Waals surface area contributed by atoms with Crippen molar-refractivity contribution in [2.45, 2.75) is 32.2 Å². The van der Waals surface area contributed by atoms with E-state index >= 15 is 0 Å². The van der Waals surface area contributed by atoms with E-state index in [1.54, 1.807) is 0 Å². The molecular weight excluding hydrogens is 454 g/mol. The summed E-state index contributed by atoms with van der Waals surface area (Å²) in [4.78, 5) is 6.97. The zero-order valence-electron chi connectivity index (χ0n) is 20.7. The summed E-state index contributed by atoms with van der Waals surface area (Å²) in [6, 6.07) is 37.6. The van der Waals surface area contributed by atoms with Crippen molar-refractivity contribution in [3.8, 4) is 11.4 Å². The van der Waals surface area contributed by atoms with Crippen LogP contribution in [0.1, 0.15) is 30.7 Å². The molecule has 0 bridgehead atoms. The van der Waals surface area contributed by atoms with Crippen molar-refractivity contribution >= 4 is 29.0 Å². The Morgan fingerprint density at radius 3 is 1.97 bits per heavy atom. The molecule has 0 N–H and O–H groups in total. The molecule has 0 atom stereocenters. The Bertz CT molecular complexity index is 1430. The third kappa shape index (κ3) is 5.07. The first-order valence-electron chi connectivity index (χ1n) is 12.9. The molecule has 1 aromatic heterocycles. The van der Waals surface area contributed by atoms with Gasteiger partial charge < -0.3 is 9.47 Å². The van der Waals surface area contributed by atoms with Gasteiger partial charge in [-0.1, -0.05) is 55.0 Å². The lowest BCUT2D eigenvalue weighted by Gasteiger charge is -2.25. The molecule has 0 saturated carbocycles. The number of nitrogens with zero attached hydrogens (tertiary/aromatic N) is 5. The van der Waals surface area contributed by atoms with Crippen LogP contribution in [0.15, 0.2) is 114 Å². The number of aliphatic imine (C=N–C) groups is 1. The molecule has 5 aromatic rings. The minimum absolute atomic E-state index is 0.915. The van der Waals surface area contributed by atoms with E-state index in [-0.39, 0.29) is 0 Å². The highest BCUT2D eigenvalue weighted by Gasteiger charge is 2.16. The number of aromatic nitrogens is 3. The second kappa shape index (κ2) is 10.6. The van der Waals surface area contributed by atoms with Crippen LogP contribution < -0.4 is 4.90 Å². The average molecular weight is 484 g/mol. The van der Waals surface area contributed by atoms with Gasteiger partial charge in [-0.25, -0.2) is 0 Å². The molecule has 6 rings (SSSR count). The molecule has 0 fully saturated rings. The molecule has 182 valence electrons. The summed E-state index contributed by atoms with van der Waals surface area (Å²) in [6.45, 7) is 1.000. The topological polar surface area (TPSA) is 46.3 Å². The van der Waals surface area contributed by atoms with Crippen molar-refractivity contribution in [2.24, 2.45) is 4.99 Å². The number of aryl methyl sites for hydroxylation is 1. The summed E-state index contributed by atoms with van der Waals surface area (Å²) in [6.07, 6.45) is 6.57. The normalized spacial score (nSPS) is 13.3. The van der Waals surface area contributed by atoms with E-state index in [1.165, 1.54) is 19.3 Å². The lowest BCUT2D eigenvalue weighted by molar-refractivity contribution is 0.636.